The Morgan fingerprint density at radius 3 is 2.13 bits per heavy atom. The molecule has 1 unspecified atom stereocenters. The summed E-state index contributed by atoms with van der Waals surface area (Å²) in [6, 6.07) is 0. The predicted octanol–water partition coefficient (Wildman–Crippen LogP) is 1.45. The zero-order chi connectivity index (χ0) is 12.4. The van der Waals surface area contributed by atoms with E-state index in [0.29, 0.717) is 0 Å². The summed E-state index contributed by atoms with van der Waals surface area (Å²) in [4.78, 5) is 29.2. The Balaban J connectivity index is 4.77. The lowest BCUT2D eigenvalue weighted by Gasteiger charge is -2.31. The summed E-state index contributed by atoms with van der Waals surface area (Å²) in [5.41, 5.74) is -2.09. The zero-order valence-electron chi connectivity index (χ0n) is 9.35. The maximum Gasteiger partial charge on any atom is 0.333 e. The van der Waals surface area contributed by atoms with Gasteiger partial charge in [-0.05, 0) is 27.7 Å². The summed E-state index contributed by atoms with van der Waals surface area (Å²) >= 11 is 0. The van der Waals surface area contributed by atoms with Crippen molar-refractivity contribution in [3.8, 4) is 0 Å². The molecule has 0 aliphatic carbocycles. The van der Waals surface area contributed by atoms with E-state index in [2.05, 4.69) is 6.58 Å². The largest absolute Gasteiger partial charge is 0.455 e. The van der Waals surface area contributed by atoms with Crippen LogP contribution in [0.5, 0.6) is 0 Å². The highest BCUT2D eigenvalue weighted by Gasteiger charge is 2.41. The third-order valence-electron chi connectivity index (χ3n) is 2.21. The molecule has 0 aliphatic rings. The molecule has 2 N–H and O–H groups in total. The minimum atomic E-state index is -4.27. The van der Waals surface area contributed by atoms with E-state index in [4.69, 9.17) is 14.5 Å². The molecule has 15 heavy (non-hydrogen) atoms. The van der Waals surface area contributed by atoms with Gasteiger partial charge in [0.05, 0.1) is 5.66 Å². The van der Waals surface area contributed by atoms with E-state index in [1.54, 1.807) is 0 Å². The Morgan fingerprint density at radius 1 is 1.47 bits per heavy atom. The molecule has 0 aromatic carbocycles. The molecule has 0 saturated heterocycles. The van der Waals surface area contributed by atoms with Crippen LogP contribution in [0.2, 0.25) is 0 Å². The zero-order valence-corrected chi connectivity index (χ0v) is 10.2. The molecule has 5 nitrogen and oxygen atoms in total. The number of hydrogen-bond donors (Lipinski definition) is 2. The first-order valence-corrected chi connectivity index (χ1v) is 6.10. The number of ether oxygens (including phenoxy) is 1. The third kappa shape index (κ3) is 4.16. The first-order valence-electron chi connectivity index (χ1n) is 4.42. The molecular weight excluding hydrogens is 219 g/mol. The van der Waals surface area contributed by atoms with Crippen LogP contribution < -0.4 is 0 Å². The number of esters is 1. The Hall–Kier alpha value is -0.640. The van der Waals surface area contributed by atoms with Gasteiger partial charge in [-0.2, -0.15) is 0 Å². The number of rotatable bonds is 4. The minimum absolute atomic E-state index is 0.195. The van der Waals surface area contributed by atoms with Gasteiger partial charge < -0.3 is 14.5 Å². The van der Waals surface area contributed by atoms with Crippen LogP contribution in [-0.4, -0.2) is 27.0 Å². The number of hydrogen-bond acceptors (Lipinski definition) is 3. The van der Waals surface area contributed by atoms with Crippen LogP contribution in [0.3, 0.4) is 0 Å². The Labute approximate surface area is 89.3 Å². The molecule has 0 bridgehead atoms. The Kier molecular flexibility index (Phi) is 4.28. The monoisotopic (exact) mass is 236 g/mol. The smallest absolute Gasteiger partial charge is 0.333 e. The van der Waals surface area contributed by atoms with Crippen molar-refractivity contribution in [2.24, 2.45) is 0 Å². The van der Waals surface area contributed by atoms with Crippen molar-refractivity contribution in [3.05, 3.63) is 12.2 Å². The molecule has 0 rings (SSSR count). The molecule has 0 heterocycles. The van der Waals surface area contributed by atoms with Crippen LogP contribution in [-0.2, 0) is 14.1 Å². The second-order valence-corrected chi connectivity index (χ2v) is 5.99. The molecule has 0 amide bonds. The predicted molar refractivity (Wildman–Crippen MR) is 56.5 cm³/mol. The quantitative estimate of drug-likeness (QED) is 0.438. The number of carbonyl (C=O) groups is 1. The topological polar surface area (TPSA) is 83.8 Å². The highest BCUT2D eigenvalue weighted by Crippen LogP contribution is 2.47. The van der Waals surface area contributed by atoms with Gasteiger partial charge in [0.2, 0.25) is 0 Å². The average molecular weight is 236 g/mol. The van der Waals surface area contributed by atoms with E-state index >= 15 is 0 Å². The van der Waals surface area contributed by atoms with Gasteiger partial charge >= 0.3 is 13.6 Å². The molecule has 0 aliphatic heterocycles. The molecule has 0 aromatic heterocycles. The SMILES string of the molecule is C=C(C)C(=O)OC(C)(C)C(C)P(=O)(O)O. The van der Waals surface area contributed by atoms with E-state index in [0.717, 1.165) is 0 Å². The highest BCUT2D eigenvalue weighted by atomic mass is 31.2. The average Bonchev–Trinajstić information content (AvgIpc) is 2.00. The van der Waals surface area contributed by atoms with Crippen LogP contribution in [0, 0.1) is 0 Å². The maximum atomic E-state index is 11.2. The van der Waals surface area contributed by atoms with Crippen molar-refractivity contribution < 1.29 is 23.9 Å². The van der Waals surface area contributed by atoms with Crippen molar-refractivity contribution in [1.29, 1.82) is 0 Å². The van der Waals surface area contributed by atoms with Gasteiger partial charge in [0.1, 0.15) is 5.60 Å². The van der Waals surface area contributed by atoms with Crippen LogP contribution in [0.15, 0.2) is 12.2 Å². The molecule has 0 aromatic rings. The lowest BCUT2D eigenvalue weighted by molar-refractivity contribution is -0.151. The molecule has 0 saturated carbocycles. The number of carbonyl (C=O) groups excluding carboxylic acids is 1. The third-order valence-corrected chi connectivity index (χ3v) is 3.85. The fourth-order valence-corrected chi connectivity index (χ4v) is 1.68. The van der Waals surface area contributed by atoms with Gasteiger partial charge in [-0.15, -0.1) is 0 Å². The van der Waals surface area contributed by atoms with Crippen molar-refractivity contribution in [3.63, 3.8) is 0 Å². The fraction of sp³-hybridized carbons (Fsp3) is 0.667. The van der Waals surface area contributed by atoms with E-state index in [1.165, 1.54) is 27.7 Å². The highest BCUT2D eigenvalue weighted by molar-refractivity contribution is 7.52. The summed E-state index contributed by atoms with van der Waals surface area (Å²) < 4.78 is 16.0. The van der Waals surface area contributed by atoms with E-state index in [1.807, 2.05) is 0 Å². The van der Waals surface area contributed by atoms with Gasteiger partial charge in [-0.1, -0.05) is 6.58 Å². The lowest BCUT2D eigenvalue weighted by Crippen LogP contribution is -2.39. The lowest BCUT2D eigenvalue weighted by atomic mass is 10.1. The van der Waals surface area contributed by atoms with Gasteiger partial charge in [-0.25, -0.2) is 4.79 Å². The van der Waals surface area contributed by atoms with Gasteiger partial charge in [-0.3, -0.25) is 4.57 Å². The fourth-order valence-electron chi connectivity index (χ4n) is 0.816. The summed E-state index contributed by atoms with van der Waals surface area (Å²) in [7, 11) is -4.27. The van der Waals surface area contributed by atoms with Crippen LogP contribution in [0.25, 0.3) is 0 Å². The van der Waals surface area contributed by atoms with Crippen LogP contribution in [0.1, 0.15) is 27.7 Å². The maximum absolute atomic E-state index is 11.2. The molecule has 1 atom stereocenters. The molecule has 0 fully saturated rings. The summed E-state index contributed by atoms with van der Waals surface area (Å²) in [6.07, 6.45) is 0. The molecular formula is C9H17O5P. The summed E-state index contributed by atoms with van der Waals surface area (Å²) in [6.45, 7) is 9.12. The van der Waals surface area contributed by atoms with E-state index in [9.17, 15) is 9.36 Å². The van der Waals surface area contributed by atoms with Crippen molar-refractivity contribution in [2.75, 3.05) is 0 Å². The summed E-state index contributed by atoms with van der Waals surface area (Å²) in [5.74, 6) is -0.652. The van der Waals surface area contributed by atoms with Crippen molar-refractivity contribution in [1.82, 2.24) is 0 Å². The molecule has 0 radical (unpaired) electrons. The Morgan fingerprint density at radius 2 is 1.87 bits per heavy atom. The second kappa shape index (κ2) is 4.47. The molecule has 0 spiro atoms. The van der Waals surface area contributed by atoms with Crippen LogP contribution in [0.4, 0.5) is 0 Å². The normalized spacial score (nSPS) is 14.5. The van der Waals surface area contributed by atoms with Gasteiger partial charge in [0.15, 0.2) is 0 Å². The molecule has 6 heteroatoms. The van der Waals surface area contributed by atoms with Gasteiger partial charge in [0.25, 0.3) is 0 Å². The van der Waals surface area contributed by atoms with Crippen LogP contribution >= 0.6 is 7.60 Å². The summed E-state index contributed by atoms with van der Waals surface area (Å²) in [5, 5.41) is 0. The van der Waals surface area contributed by atoms with Crippen molar-refractivity contribution in [2.45, 2.75) is 39.0 Å². The van der Waals surface area contributed by atoms with E-state index in [-0.39, 0.29) is 5.57 Å². The first-order chi connectivity index (χ1) is 6.48. The second-order valence-electron chi connectivity index (χ2n) is 4.04. The Bertz CT molecular complexity index is 314. The van der Waals surface area contributed by atoms with E-state index < -0.39 is 24.8 Å². The standard InChI is InChI=1S/C9H17O5P/c1-6(2)8(10)14-9(4,5)7(3)15(11,12)13/h7H,1H2,2-5H3,(H2,11,12,13). The molecule has 88 valence electrons. The minimum Gasteiger partial charge on any atom is -0.455 e. The van der Waals surface area contributed by atoms with Gasteiger partial charge in [0, 0.05) is 5.57 Å². The van der Waals surface area contributed by atoms with Crippen molar-refractivity contribution >= 4 is 13.6 Å². The first kappa shape index (κ1) is 14.4.